The van der Waals surface area contributed by atoms with Crippen LogP contribution in [0, 0.1) is 5.21 Å². The molecule has 0 aromatic heterocycles. The average molecular weight is 201 g/mol. The molecule has 1 heterocycles. The van der Waals surface area contributed by atoms with Gasteiger partial charge in [-0.15, -0.1) is 0 Å². The van der Waals surface area contributed by atoms with E-state index in [4.69, 9.17) is 4.74 Å². The van der Waals surface area contributed by atoms with Crippen molar-refractivity contribution >= 4 is 5.97 Å². The van der Waals surface area contributed by atoms with Crippen LogP contribution in [0.5, 0.6) is 0 Å². The van der Waals surface area contributed by atoms with Gasteiger partial charge in [-0.2, -0.15) is 0 Å². The second-order valence-electron chi connectivity index (χ2n) is 4.96. The lowest BCUT2D eigenvalue weighted by Gasteiger charge is -2.37. The van der Waals surface area contributed by atoms with Gasteiger partial charge in [0.1, 0.15) is 5.60 Å². The second-order valence-corrected chi connectivity index (χ2v) is 4.96. The fraction of sp³-hybridized carbons (Fsp3) is 0.900. The van der Waals surface area contributed by atoms with Crippen molar-refractivity contribution in [1.29, 1.82) is 0 Å². The Kier molecular flexibility index (Phi) is 3.17. The lowest BCUT2D eigenvalue weighted by molar-refractivity contribution is -0.860. The molecule has 0 bridgehead atoms. The Morgan fingerprint density at radius 1 is 1.36 bits per heavy atom. The van der Waals surface area contributed by atoms with Crippen LogP contribution in [0.25, 0.3) is 0 Å². The zero-order valence-electron chi connectivity index (χ0n) is 9.21. The Balaban J connectivity index is 2.40. The van der Waals surface area contributed by atoms with Crippen LogP contribution < -0.4 is 0 Å². The molecule has 0 N–H and O–H groups in total. The first-order chi connectivity index (χ1) is 6.31. The summed E-state index contributed by atoms with van der Waals surface area (Å²) in [5, 5.41) is 11.8. The lowest BCUT2D eigenvalue weighted by Crippen LogP contribution is -2.45. The van der Waals surface area contributed by atoms with E-state index in [-0.39, 0.29) is 12.5 Å². The van der Waals surface area contributed by atoms with Gasteiger partial charge in [0.25, 0.3) is 0 Å². The zero-order valence-corrected chi connectivity index (χ0v) is 9.21. The van der Waals surface area contributed by atoms with E-state index in [1.807, 2.05) is 20.8 Å². The van der Waals surface area contributed by atoms with Gasteiger partial charge in [0, 0.05) is 12.8 Å². The molecule has 1 aliphatic rings. The second kappa shape index (κ2) is 3.87. The molecule has 0 saturated carbocycles. The summed E-state index contributed by atoms with van der Waals surface area (Å²) in [6, 6.07) is 0. The first-order valence-electron chi connectivity index (χ1n) is 5.10. The molecule has 1 rings (SSSR count). The summed E-state index contributed by atoms with van der Waals surface area (Å²) >= 11 is 0. The zero-order chi connectivity index (χ0) is 10.8. The Labute approximate surface area is 85.0 Å². The summed E-state index contributed by atoms with van der Waals surface area (Å²) in [5.41, 5.74) is -0.490. The van der Waals surface area contributed by atoms with Gasteiger partial charge in [-0.1, -0.05) is 0 Å². The quantitative estimate of drug-likeness (QED) is 0.386. The molecule has 0 unspecified atom stereocenters. The number of ether oxygens (including phenoxy) is 1. The largest absolute Gasteiger partial charge is 0.632 e. The van der Waals surface area contributed by atoms with Crippen LogP contribution in [-0.2, 0) is 9.53 Å². The summed E-state index contributed by atoms with van der Waals surface area (Å²) in [6.45, 7) is 6.51. The van der Waals surface area contributed by atoms with Crippen LogP contribution in [0.4, 0.5) is 0 Å². The molecule has 0 spiro atoms. The first kappa shape index (κ1) is 11.5. The summed E-state index contributed by atoms with van der Waals surface area (Å²) in [7, 11) is 0. The standard InChI is InChI=1S/C10H19NO3/c1-10(2,3)14-9(12)8-11(13)6-4-5-7-11/h4-8H2,1-3H3. The van der Waals surface area contributed by atoms with Crippen molar-refractivity contribution < 1.29 is 14.2 Å². The number of hydroxylamine groups is 3. The SMILES string of the molecule is CC(C)(C)OC(=O)C[N+]1([O-])CCCC1. The summed E-state index contributed by atoms with van der Waals surface area (Å²) in [5.74, 6) is -0.380. The molecule has 1 aliphatic heterocycles. The maximum Gasteiger partial charge on any atom is 0.362 e. The minimum absolute atomic E-state index is 0.0305. The fourth-order valence-electron chi connectivity index (χ4n) is 1.68. The molecule has 4 nitrogen and oxygen atoms in total. The van der Waals surface area contributed by atoms with Gasteiger partial charge >= 0.3 is 5.97 Å². The lowest BCUT2D eigenvalue weighted by atomic mass is 10.2. The van der Waals surface area contributed by atoms with Crippen molar-refractivity contribution in [2.75, 3.05) is 19.6 Å². The molecule has 0 aromatic carbocycles. The average Bonchev–Trinajstić information content (AvgIpc) is 2.30. The number of carbonyl (C=O) groups excluding carboxylic acids is 1. The number of nitrogens with zero attached hydrogens (tertiary/aromatic N) is 1. The molecular formula is C10H19NO3. The minimum Gasteiger partial charge on any atom is -0.632 e. The van der Waals surface area contributed by atoms with Crippen LogP contribution in [0.15, 0.2) is 0 Å². The van der Waals surface area contributed by atoms with Gasteiger partial charge in [0.05, 0.1) is 13.1 Å². The van der Waals surface area contributed by atoms with Crippen molar-refractivity contribution in [3.63, 3.8) is 0 Å². The third kappa shape index (κ3) is 3.64. The Morgan fingerprint density at radius 3 is 2.29 bits per heavy atom. The minimum atomic E-state index is -0.490. The van der Waals surface area contributed by atoms with E-state index in [1.165, 1.54) is 0 Å². The van der Waals surface area contributed by atoms with Crippen LogP contribution in [-0.4, -0.2) is 35.9 Å². The summed E-state index contributed by atoms with van der Waals surface area (Å²) in [4.78, 5) is 11.4. The molecule has 4 heteroatoms. The van der Waals surface area contributed by atoms with Crippen molar-refractivity contribution in [3.05, 3.63) is 5.21 Å². The van der Waals surface area contributed by atoms with Gasteiger partial charge in [-0.05, 0) is 20.8 Å². The number of rotatable bonds is 2. The molecule has 0 radical (unpaired) electrons. The number of hydrogen-bond acceptors (Lipinski definition) is 3. The molecule has 0 aromatic rings. The number of likely N-dealkylation sites (tertiary alicyclic amines) is 1. The summed E-state index contributed by atoms with van der Waals surface area (Å²) < 4.78 is 4.72. The topological polar surface area (TPSA) is 49.4 Å². The number of hydrogen-bond donors (Lipinski definition) is 0. The number of carbonyl (C=O) groups is 1. The fourth-order valence-corrected chi connectivity index (χ4v) is 1.68. The van der Waals surface area contributed by atoms with Gasteiger partial charge in [-0.25, -0.2) is 4.79 Å². The number of quaternary nitrogens is 1. The molecule has 1 fully saturated rings. The van der Waals surface area contributed by atoms with Crippen molar-refractivity contribution in [1.82, 2.24) is 0 Å². The third-order valence-electron chi connectivity index (χ3n) is 2.22. The molecule has 14 heavy (non-hydrogen) atoms. The monoisotopic (exact) mass is 201 g/mol. The molecular weight excluding hydrogens is 182 g/mol. The molecule has 0 aliphatic carbocycles. The highest BCUT2D eigenvalue weighted by molar-refractivity contribution is 5.71. The van der Waals surface area contributed by atoms with Crippen LogP contribution >= 0.6 is 0 Å². The molecule has 82 valence electrons. The van der Waals surface area contributed by atoms with E-state index in [0.717, 1.165) is 12.8 Å². The number of esters is 1. The van der Waals surface area contributed by atoms with Crippen molar-refractivity contribution in [2.24, 2.45) is 0 Å². The predicted molar refractivity (Wildman–Crippen MR) is 53.3 cm³/mol. The molecule has 1 saturated heterocycles. The van der Waals surface area contributed by atoms with Gasteiger partial charge in [-0.3, -0.25) is 0 Å². The summed E-state index contributed by atoms with van der Waals surface area (Å²) in [6.07, 6.45) is 1.85. The van der Waals surface area contributed by atoms with Crippen molar-refractivity contribution in [3.8, 4) is 0 Å². The third-order valence-corrected chi connectivity index (χ3v) is 2.22. The highest BCUT2D eigenvalue weighted by Gasteiger charge is 2.28. The van der Waals surface area contributed by atoms with Gasteiger partial charge in [0.2, 0.25) is 0 Å². The van der Waals surface area contributed by atoms with E-state index >= 15 is 0 Å². The molecule has 0 atom stereocenters. The predicted octanol–water partition coefficient (Wildman–Crippen LogP) is 1.44. The van der Waals surface area contributed by atoms with Gasteiger partial charge in [0.15, 0.2) is 6.54 Å². The van der Waals surface area contributed by atoms with Crippen LogP contribution in [0.3, 0.4) is 0 Å². The smallest absolute Gasteiger partial charge is 0.362 e. The van der Waals surface area contributed by atoms with E-state index in [2.05, 4.69) is 0 Å². The first-order valence-corrected chi connectivity index (χ1v) is 5.10. The Morgan fingerprint density at radius 2 is 1.86 bits per heavy atom. The normalized spacial score (nSPS) is 20.9. The van der Waals surface area contributed by atoms with Crippen molar-refractivity contribution in [2.45, 2.75) is 39.2 Å². The Hall–Kier alpha value is -0.610. The highest BCUT2D eigenvalue weighted by Crippen LogP contribution is 2.18. The van der Waals surface area contributed by atoms with Gasteiger partial charge < -0.3 is 14.6 Å². The van der Waals surface area contributed by atoms with E-state index in [9.17, 15) is 10.0 Å². The Bertz CT molecular complexity index is 214. The maximum absolute atomic E-state index is 11.8. The maximum atomic E-state index is 11.8. The van der Waals surface area contributed by atoms with Crippen LogP contribution in [0.1, 0.15) is 33.6 Å². The van der Waals surface area contributed by atoms with E-state index in [0.29, 0.717) is 13.1 Å². The highest BCUT2D eigenvalue weighted by atomic mass is 16.6. The van der Waals surface area contributed by atoms with E-state index in [1.54, 1.807) is 0 Å². The van der Waals surface area contributed by atoms with Crippen LogP contribution in [0.2, 0.25) is 0 Å². The molecule has 0 amide bonds. The van der Waals surface area contributed by atoms with E-state index < -0.39 is 10.2 Å².